The highest BCUT2D eigenvalue weighted by molar-refractivity contribution is 5.94. The van der Waals surface area contributed by atoms with Gasteiger partial charge in [-0.15, -0.1) is 0 Å². The van der Waals surface area contributed by atoms with Crippen molar-refractivity contribution in [1.82, 2.24) is 9.88 Å². The van der Waals surface area contributed by atoms with Crippen molar-refractivity contribution in [3.05, 3.63) is 23.4 Å². The Morgan fingerprint density at radius 2 is 2.00 bits per heavy atom. The van der Waals surface area contributed by atoms with E-state index >= 15 is 0 Å². The van der Waals surface area contributed by atoms with Crippen LogP contribution in [0.15, 0.2) is 12.1 Å². The fourth-order valence-corrected chi connectivity index (χ4v) is 2.04. The van der Waals surface area contributed by atoms with Crippen LogP contribution in [0, 0.1) is 0 Å². The average Bonchev–Trinajstić information content (AvgIpc) is 2.37. The summed E-state index contributed by atoms with van der Waals surface area (Å²) in [6, 6.07) is 3.52. The summed E-state index contributed by atoms with van der Waals surface area (Å²) < 4.78 is 0. The summed E-state index contributed by atoms with van der Waals surface area (Å²) in [5, 5.41) is 0. The van der Waals surface area contributed by atoms with E-state index in [0.29, 0.717) is 11.4 Å². The van der Waals surface area contributed by atoms with Crippen molar-refractivity contribution in [2.24, 2.45) is 0 Å². The first-order valence-corrected chi connectivity index (χ1v) is 7.10. The van der Waals surface area contributed by atoms with E-state index in [-0.39, 0.29) is 5.91 Å². The van der Waals surface area contributed by atoms with Gasteiger partial charge in [0, 0.05) is 24.8 Å². The number of nitrogens with zero attached hydrogens (tertiary/aromatic N) is 2. The van der Waals surface area contributed by atoms with Crippen molar-refractivity contribution >= 4 is 11.7 Å². The maximum Gasteiger partial charge on any atom is 0.253 e. The number of carbonyl (C=O) groups excluding carboxylic acids is 1. The van der Waals surface area contributed by atoms with Crippen molar-refractivity contribution in [3.63, 3.8) is 0 Å². The first kappa shape index (κ1) is 15.5. The Balaban J connectivity index is 2.74. The molecule has 1 amide bonds. The van der Waals surface area contributed by atoms with Gasteiger partial charge in [-0.25, -0.2) is 4.98 Å². The molecular formula is C15H25N3O. The second-order valence-corrected chi connectivity index (χ2v) is 4.96. The van der Waals surface area contributed by atoms with Gasteiger partial charge < -0.3 is 10.6 Å². The quantitative estimate of drug-likeness (QED) is 0.769. The minimum absolute atomic E-state index is 0.0301. The fraction of sp³-hybridized carbons (Fsp3) is 0.600. The molecule has 0 spiro atoms. The van der Waals surface area contributed by atoms with E-state index in [0.717, 1.165) is 44.3 Å². The normalized spacial score (nSPS) is 10.5. The van der Waals surface area contributed by atoms with E-state index in [1.807, 2.05) is 13.1 Å². The molecule has 0 fully saturated rings. The van der Waals surface area contributed by atoms with Gasteiger partial charge in [0.05, 0.1) is 0 Å². The van der Waals surface area contributed by atoms with Crippen LogP contribution in [0.25, 0.3) is 0 Å². The Bertz CT molecular complexity index is 418. The predicted molar refractivity (Wildman–Crippen MR) is 79.1 cm³/mol. The fourth-order valence-electron chi connectivity index (χ4n) is 2.04. The van der Waals surface area contributed by atoms with Crippen LogP contribution in [0.1, 0.15) is 55.6 Å². The van der Waals surface area contributed by atoms with E-state index in [4.69, 9.17) is 5.73 Å². The van der Waals surface area contributed by atoms with Crippen LogP contribution in [0.3, 0.4) is 0 Å². The molecule has 1 heterocycles. The Kier molecular flexibility index (Phi) is 6.33. The van der Waals surface area contributed by atoms with Crippen LogP contribution >= 0.6 is 0 Å². The third kappa shape index (κ3) is 4.89. The van der Waals surface area contributed by atoms with Gasteiger partial charge in [0.15, 0.2) is 0 Å². The molecule has 0 bridgehead atoms. The molecule has 0 unspecified atom stereocenters. The summed E-state index contributed by atoms with van der Waals surface area (Å²) in [5.74, 6) is 0.457. The third-order valence-electron chi connectivity index (χ3n) is 3.10. The van der Waals surface area contributed by atoms with E-state index in [2.05, 4.69) is 18.8 Å². The summed E-state index contributed by atoms with van der Waals surface area (Å²) >= 11 is 0. The summed E-state index contributed by atoms with van der Waals surface area (Å²) in [6.45, 7) is 5.03. The van der Waals surface area contributed by atoms with Crippen LogP contribution in [0.5, 0.6) is 0 Å². The van der Waals surface area contributed by atoms with Gasteiger partial charge in [-0.3, -0.25) is 4.79 Å². The Labute approximate surface area is 116 Å². The Morgan fingerprint density at radius 3 is 2.63 bits per heavy atom. The number of carbonyl (C=O) groups is 1. The van der Waals surface area contributed by atoms with Gasteiger partial charge in [-0.1, -0.05) is 33.1 Å². The van der Waals surface area contributed by atoms with E-state index in [1.165, 1.54) is 0 Å². The minimum atomic E-state index is 0.0301. The third-order valence-corrected chi connectivity index (χ3v) is 3.10. The predicted octanol–water partition coefficient (Wildman–Crippen LogP) is 2.88. The number of anilines is 1. The first-order valence-electron chi connectivity index (χ1n) is 7.10. The molecule has 0 aliphatic rings. The standard InChI is InChI=1S/C15H25N3O/c1-4-6-7-9-18(3)15(19)12-10-13(8-5-2)17-14(16)11-12/h10-11H,4-9H2,1-3H3,(H2,16,17). The summed E-state index contributed by atoms with van der Waals surface area (Å²) in [4.78, 5) is 18.3. The smallest absolute Gasteiger partial charge is 0.253 e. The molecule has 1 aromatic heterocycles. The maximum atomic E-state index is 12.3. The van der Waals surface area contributed by atoms with Crippen molar-refractivity contribution in [3.8, 4) is 0 Å². The lowest BCUT2D eigenvalue weighted by atomic mass is 10.1. The lowest BCUT2D eigenvalue weighted by molar-refractivity contribution is 0.0792. The molecule has 0 saturated carbocycles. The highest BCUT2D eigenvalue weighted by Crippen LogP contribution is 2.12. The highest BCUT2D eigenvalue weighted by atomic mass is 16.2. The summed E-state index contributed by atoms with van der Waals surface area (Å²) in [7, 11) is 1.84. The number of amides is 1. The Morgan fingerprint density at radius 1 is 1.26 bits per heavy atom. The van der Waals surface area contributed by atoms with Gasteiger partial charge in [0.2, 0.25) is 0 Å². The number of nitrogens with two attached hydrogens (primary N) is 1. The number of pyridine rings is 1. The lowest BCUT2D eigenvalue weighted by Gasteiger charge is -2.17. The molecule has 4 heteroatoms. The molecule has 2 N–H and O–H groups in total. The van der Waals surface area contributed by atoms with Crippen LogP contribution in [0.2, 0.25) is 0 Å². The van der Waals surface area contributed by atoms with Gasteiger partial charge in [0.1, 0.15) is 5.82 Å². The molecular weight excluding hydrogens is 238 g/mol. The number of nitrogen functional groups attached to an aromatic ring is 1. The van der Waals surface area contributed by atoms with E-state index < -0.39 is 0 Å². The van der Waals surface area contributed by atoms with E-state index in [1.54, 1.807) is 11.0 Å². The number of rotatable bonds is 7. The summed E-state index contributed by atoms with van der Waals surface area (Å²) in [6.07, 6.45) is 5.20. The molecule has 4 nitrogen and oxygen atoms in total. The first-order chi connectivity index (χ1) is 9.08. The minimum Gasteiger partial charge on any atom is -0.384 e. The number of aryl methyl sites for hydroxylation is 1. The molecule has 0 radical (unpaired) electrons. The Hall–Kier alpha value is -1.58. The zero-order valence-corrected chi connectivity index (χ0v) is 12.3. The second kappa shape index (κ2) is 7.77. The van der Waals surface area contributed by atoms with Gasteiger partial charge in [0.25, 0.3) is 5.91 Å². The van der Waals surface area contributed by atoms with Crippen molar-refractivity contribution in [2.45, 2.75) is 46.0 Å². The average molecular weight is 263 g/mol. The largest absolute Gasteiger partial charge is 0.384 e. The molecule has 0 atom stereocenters. The topological polar surface area (TPSA) is 59.2 Å². The molecule has 1 aromatic rings. The van der Waals surface area contributed by atoms with Crippen molar-refractivity contribution in [1.29, 1.82) is 0 Å². The van der Waals surface area contributed by atoms with Gasteiger partial charge in [-0.2, -0.15) is 0 Å². The summed E-state index contributed by atoms with van der Waals surface area (Å²) in [5.41, 5.74) is 7.31. The van der Waals surface area contributed by atoms with Crippen LogP contribution in [-0.4, -0.2) is 29.4 Å². The van der Waals surface area contributed by atoms with Crippen LogP contribution in [0.4, 0.5) is 5.82 Å². The lowest BCUT2D eigenvalue weighted by Crippen LogP contribution is -2.28. The maximum absolute atomic E-state index is 12.3. The highest BCUT2D eigenvalue weighted by Gasteiger charge is 2.13. The molecule has 0 aromatic carbocycles. The van der Waals surface area contributed by atoms with E-state index in [9.17, 15) is 4.79 Å². The number of hydrogen-bond acceptors (Lipinski definition) is 3. The molecule has 1 rings (SSSR count). The second-order valence-electron chi connectivity index (χ2n) is 4.96. The molecule has 19 heavy (non-hydrogen) atoms. The van der Waals surface area contributed by atoms with Crippen LogP contribution in [-0.2, 0) is 6.42 Å². The van der Waals surface area contributed by atoms with Gasteiger partial charge >= 0.3 is 0 Å². The van der Waals surface area contributed by atoms with Crippen molar-refractivity contribution in [2.75, 3.05) is 19.3 Å². The monoisotopic (exact) mass is 263 g/mol. The molecule has 106 valence electrons. The van der Waals surface area contributed by atoms with Gasteiger partial charge in [-0.05, 0) is 25.0 Å². The molecule has 0 aliphatic heterocycles. The number of hydrogen-bond donors (Lipinski definition) is 1. The molecule has 0 saturated heterocycles. The number of unbranched alkanes of at least 4 members (excludes halogenated alkanes) is 2. The zero-order valence-electron chi connectivity index (χ0n) is 12.3. The molecule has 0 aliphatic carbocycles. The van der Waals surface area contributed by atoms with Crippen molar-refractivity contribution < 1.29 is 4.79 Å². The van der Waals surface area contributed by atoms with Crippen LogP contribution < -0.4 is 5.73 Å². The SMILES string of the molecule is CCCCCN(C)C(=O)c1cc(N)nc(CCC)c1. The number of aromatic nitrogens is 1. The zero-order chi connectivity index (χ0) is 14.3.